The van der Waals surface area contributed by atoms with E-state index in [9.17, 15) is 8.76 Å². The van der Waals surface area contributed by atoms with Gasteiger partial charge in [0.2, 0.25) is 5.82 Å². The molecule has 1 N–H and O–H groups in total. The molecule has 0 aliphatic rings. The summed E-state index contributed by atoms with van der Waals surface area (Å²) in [5.74, 6) is 1.17. The summed E-state index contributed by atoms with van der Waals surface area (Å²) in [7, 11) is 1.62. The molecule has 3 aromatic carbocycles. The molecule has 0 saturated heterocycles. The standard InChI is InChI=1S/C21H18N4O3S/c1-28-17-9-7-15(8-10-17)14-25-23-21(22-24-25)20-13-18(29(26)27)11-12-19(20)16-5-3-2-4-6-16/h2-13H,14H2,1H3,(H,26,27). The summed E-state index contributed by atoms with van der Waals surface area (Å²) in [4.78, 5) is 1.78. The molecule has 29 heavy (non-hydrogen) atoms. The zero-order valence-electron chi connectivity index (χ0n) is 15.6. The second-order valence-corrected chi connectivity index (χ2v) is 7.28. The lowest BCUT2D eigenvalue weighted by Gasteiger charge is -2.08. The highest BCUT2D eigenvalue weighted by molar-refractivity contribution is 7.79. The van der Waals surface area contributed by atoms with Gasteiger partial charge in [0, 0.05) is 5.56 Å². The lowest BCUT2D eigenvalue weighted by atomic mass is 9.99. The van der Waals surface area contributed by atoms with Crippen molar-refractivity contribution in [3.8, 4) is 28.3 Å². The van der Waals surface area contributed by atoms with Gasteiger partial charge < -0.3 is 9.29 Å². The van der Waals surface area contributed by atoms with Crippen molar-refractivity contribution < 1.29 is 13.5 Å². The lowest BCUT2D eigenvalue weighted by Crippen LogP contribution is -2.04. The van der Waals surface area contributed by atoms with Crippen LogP contribution in [0.4, 0.5) is 0 Å². The van der Waals surface area contributed by atoms with Crippen LogP contribution in [0.5, 0.6) is 5.75 Å². The third-order valence-corrected chi connectivity index (χ3v) is 5.11. The number of rotatable bonds is 6. The molecule has 1 heterocycles. The zero-order valence-corrected chi connectivity index (χ0v) is 16.4. The Labute approximate surface area is 170 Å². The molecule has 0 aliphatic carbocycles. The Bertz CT molecular complexity index is 1140. The van der Waals surface area contributed by atoms with E-state index in [0.29, 0.717) is 17.9 Å². The van der Waals surface area contributed by atoms with Crippen LogP contribution >= 0.6 is 0 Å². The van der Waals surface area contributed by atoms with Crippen LogP contribution in [0, 0.1) is 0 Å². The van der Waals surface area contributed by atoms with Gasteiger partial charge in [-0.3, -0.25) is 0 Å². The van der Waals surface area contributed by atoms with Crippen molar-refractivity contribution in [1.29, 1.82) is 0 Å². The van der Waals surface area contributed by atoms with E-state index in [1.54, 1.807) is 25.3 Å². The number of tetrazole rings is 1. The van der Waals surface area contributed by atoms with E-state index in [0.717, 1.165) is 22.4 Å². The van der Waals surface area contributed by atoms with Crippen molar-refractivity contribution in [3.05, 3.63) is 78.4 Å². The van der Waals surface area contributed by atoms with Crippen molar-refractivity contribution in [1.82, 2.24) is 20.2 Å². The van der Waals surface area contributed by atoms with E-state index < -0.39 is 11.1 Å². The zero-order chi connectivity index (χ0) is 20.2. The Morgan fingerprint density at radius 2 is 1.76 bits per heavy atom. The minimum atomic E-state index is -2.10. The predicted octanol–water partition coefficient (Wildman–Crippen LogP) is 3.64. The van der Waals surface area contributed by atoms with Crippen LogP contribution in [0.2, 0.25) is 0 Å². The van der Waals surface area contributed by atoms with Crippen LogP contribution in [-0.2, 0) is 17.6 Å². The van der Waals surface area contributed by atoms with Gasteiger partial charge in [0.05, 0.1) is 18.6 Å². The maximum Gasteiger partial charge on any atom is 0.205 e. The lowest BCUT2D eigenvalue weighted by molar-refractivity contribution is 0.414. The summed E-state index contributed by atoms with van der Waals surface area (Å²) in [6.07, 6.45) is 0. The fourth-order valence-corrected chi connectivity index (χ4v) is 3.40. The van der Waals surface area contributed by atoms with Gasteiger partial charge in [0.1, 0.15) is 5.75 Å². The minimum Gasteiger partial charge on any atom is -0.497 e. The average Bonchev–Trinajstić information content (AvgIpc) is 3.23. The fraction of sp³-hybridized carbons (Fsp3) is 0.0952. The van der Waals surface area contributed by atoms with Crippen LogP contribution < -0.4 is 4.74 Å². The van der Waals surface area contributed by atoms with Gasteiger partial charge in [0.25, 0.3) is 0 Å². The summed E-state index contributed by atoms with van der Waals surface area (Å²) in [6.45, 7) is 0.448. The molecule has 1 atom stereocenters. The number of hydrogen-bond donors (Lipinski definition) is 1. The van der Waals surface area contributed by atoms with Crippen LogP contribution in [0.25, 0.3) is 22.5 Å². The van der Waals surface area contributed by atoms with E-state index in [2.05, 4.69) is 15.4 Å². The van der Waals surface area contributed by atoms with Gasteiger partial charge in [-0.25, -0.2) is 4.21 Å². The summed E-state index contributed by atoms with van der Waals surface area (Å²) in [6, 6.07) is 22.4. The summed E-state index contributed by atoms with van der Waals surface area (Å²) < 4.78 is 26.2. The molecular formula is C21H18N4O3S. The SMILES string of the molecule is COc1ccc(Cn2nnc(-c3cc(S(=O)O)ccc3-c3ccccc3)n2)cc1. The number of aromatic nitrogens is 4. The van der Waals surface area contributed by atoms with Gasteiger partial charge in [-0.2, -0.15) is 4.80 Å². The molecule has 4 rings (SSSR count). The largest absolute Gasteiger partial charge is 0.497 e. The number of ether oxygens (including phenoxy) is 1. The normalized spacial score (nSPS) is 11.9. The first-order chi connectivity index (χ1) is 14.1. The maximum atomic E-state index is 11.6. The molecule has 1 aromatic heterocycles. The highest BCUT2D eigenvalue weighted by Gasteiger charge is 2.15. The number of benzene rings is 3. The van der Waals surface area contributed by atoms with Gasteiger partial charge in [-0.05, 0) is 46.2 Å². The van der Waals surface area contributed by atoms with E-state index in [1.807, 2.05) is 54.6 Å². The van der Waals surface area contributed by atoms with Crippen molar-refractivity contribution >= 4 is 11.1 Å². The molecule has 0 aliphatic heterocycles. The molecule has 146 valence electrons. The first-order valence-corrected chi connectivity index (χ1v) is 9.96. The molecule has 7 nitrogen and oxygen atoms in total. The quantitative estimate of drug-likeness (QED) is 0.492. The average molecular weight is 406 g/mol. The van der Waals surface area contributed by atoms with Crippen LogP contribution in [-0.4, -0.2) is 36.1 Å². The summed E-state index contributed by atoms with van der Waals surface area (Å²) in [5, 5.41) is 12.8. The number of nitrogens with zero attached hydrogens (tertiary/aromatic N) is 4. The minimum absolute atomic E-state index is 0.284. The Balaban J connectivity index is 1.70. The molecule has 0 amide bonds. The van der Waals surface area contributed by atoms with Crippen molar-refractivity contribution in [2.75, 3.05) is 7.11 Å². The monoisotopic (exact) mass is 406 g/mol. The molecule has 0 bridgehead atoms. The van der Waals surface area contributed by atoms with Crippen LogP contribution in [0.15, 0.2) is 77.7 Å². The fourth-order valence-electron chi connectivity index (χ4n) is 3.00. The second-order valence-electron chi connectivity index (χ2n) is 6.31. The smallest absolute Gasteiger partial charge is 0.205 e. The molecule has 4 aromatic rings. The van der Waals surface area contributed by atoms with Crippen molar-refractivity contribution in [3.63, 3.8) is 0 Å². The van der Waals surface area contributed by atoms with Crippen molar-refractivity contribution in [2.45, 2.75) is 11.4 Å². The Morgan fingerprint density at radius 1 is 1.00 bits per heavy atom. The maximum absolute atomic E-state index is 11.6. The number of methoxy groups -OCH3 is 1. The van der Waals surface area contributed by atoms with E-state index in [1.165, 1.54) is 4.80 Å². The molecule has 0 radical (unpaired) electrons. The van der Waals surface area contributed by atoms with Crippen LogP contribution in [0.3, 0.4) is 0 Å². The van der Waals surface area contributed by atoms with E-state index in [-0.39, 0.29) is 4.90 Å². The number of hydrogen-bond acceptors (Lipinski definition) is 5. The van der Waals surface area contributed by atoms with Gasteiger partial charge in [-0.15, -0.1) is 10.2 Å². The highest BCUT2D eigenvalue weighted by atomic mass is 32.2. The van der Waals surface area contributed by atoms with Crippen LogP contribution in [0.1, 0.15) is 5.56 Å². The van der Waals surface area contributed by atoms with Gasteiger partial charge in [0.15, 0.2) is 11.1 Å². The predicted molar refractivity (Wildman–Crippen MR) is 110 cm³/mol. The molecule has 0 saturated carbocycles. The van der Waals surface area contributed by atoms with Gasteiger partial charge >= 0.3 is 0 Å². The molecule has 8 heteroatoms. The molecule has 0 fully saturated rings. The Kier molecular flexibility index (Phi) is 5.46. The summed E-state index contributed by atoms with van der Waals surface area (Å²) >= 11 is -2.10. The molecule has 0 spiro atoms. The van der Waals surface area contributed by atoms with Gasteiger partial charge in [-0.1, -0.05) is 48.5 Å². The highest BCUT2D eigenvalue weighted by Crippen LogP contribution is 2.31. The third-order valence-electron chi connectivity index (χ3n) is 4.45. The van der Waals surface area contributed by atoms with E-state index >= 15 is 0 Å². The molecular weight excluding hydrogens is 388 g/mol. The Hall–Kier alpha value is -3.36. The third kappa shape index (κ3) is 4.23. The van der Waals surface area contributed by atoms with E-state index in [4.69, 9.17) is 4.74 Å². The molecule has 1 unspecified atom stereocenters. The first kappa shape index (κ1) is 19.0. The topological polar surface area (TPSA) is 90.1 Å². The second kappa shape index (κ2) is 8.34. The summed E-state index contributed by atoms with van der Waals surface area (Å²) in [5.41, 5.74) is 3.48. The van der Waals surface area contributed by atoms with Crippen molar-refractivity contribution in [2.24, 2.45) is 0 Å². The first-order valence-electron chi connectivity index (χ1n) is 8.85. The Morgan fingerprint density at radius 3 is 2.45 bits per heavy atom.